The molecule has 0 unspecified atom stereocenters. The van der Waals surface area contributed by atoms with Crippen LogP contribution in [0.15, 0.2) is 48.5 Å². The molecule has 0 bridgehead atoms. The Hall–Kier alpha value is -1.60. The third-order valence-electron chi connectivity index (χ3n) is 4.98. The Kier molecular flexibility index (Phi) is 3.86. The summed E-state index contributed by atoms with van der Waals surface area (Å²) in [5, 5.41) is 11.1. The van der Waals surface area contributed by atoms with E-state index in [1.807, 2.05) is 0 Å². The van der Waals surface area contributed by atoms with Crippen molar-refractivity contribution in [2.45, 2.75) is 51.0 Å². The summed E-state index contributed by atoms with van der Waals surface area (Å²) < 4.78 is 0. The summed E-state index contributed by atoms with van der Waals surface area (Å²) in [5.41, 5.74) is 4.35. The van der Waals surface area contributed by atoms with Crippen LogP contribution >= 0.6 is 0 Å². The first kappa shape index (κ1) is 14.3. The summed E-state index contributed by atoms with van der Waals surface area (Å²) in [6, 6.07) is 17.1. The van der Waals surface area contributed by atoms with Crippen LogP contribution in [0, 0.1) is 13.8 Å². The van der Waals surface area contributed by atoms with Crippen LogP contribution < -0.4 is 0 Å². The number of aryl methyl sites for hydroxylation is 2. The lowest BCUT2D eigenvalue weighted by Gasteiger charge is -2.37. The van der Waals surface area contributed by atoms with Crippen molar-refractivity contribution < 1.29 is 5.11 Å². The van der Waals surface area contributed by atoms with Gasteiger partial charge in [0.05, 0.1) is 5.60 Å². The van der Waals surface area contributed by atoms with Crippen molar-refractivity contribution in [3.8, 4) is 0 Å². The second-order valence-corrected chi connectivity index (χ2v) is 6.53. The third-order valence-corrected chi connectivity index (χ3v) is 4.98. The van der Waals surface area contributed by atoms with Gasteiger partial charge in [0.1, 0.15) is 0 Å². The minimum atomic E-state index is -0.638. The molecule has 21 heavy (non-hydrogen) atoms. The van der Waals surface area contributed by atoms with Gasteiger partial charge in [-0.3, -0.25) is 0 Å². The minimum Gasteiger partial charge on any atom is -0.385 e. The highest BCUT2D eigenvalue weighted by Crippen LogP contribution is 2.44. The van der Waals surface area contributed by atoms with E-state index in [4.69, 9.17) is 0 Å². The van der Waals surface area contributed by atoms with Crippen molar-refractivity contribution in [1.29, 1.82) is 0 Å². The van der Waals surface area contributed by atoms with E-state index in [0.29, 0.717) is 5.92 Å². The third kappa shape index (κ3) is 2.89. The predicted octanol–water partition coefficient (Wildman–Crippen LogP) is 4.85. The van der Waals surface area contributed by atoms with Crippen molar-refractivity contribution >= 4 is 0 Å². The molecule has 2 aromatic carbocycles. The number of hydrogen-bond acceptors (Lipinski definition) is 1. The fourth-order valence-corrected chi connectivity index (χ4v) is 3.66. The molecule has 2 aromatic rings. The van der Waals surface area contributed by atoms with Gasteiger partial charge >= 0.3 is 0 Å². The molecule has 1 heteroatoms. The Labute approximate surface area is 127 Å². The molecule has 0 atom stereocenters. The number of aliphatic hydroxyl groups is 1. The monoisotopic (exact) mass is 280 g/mol. The van der Waals surface area contributed by atoms with Crippen molar-refractivity contribution in [2.75, 3.05) is 0 Å². The van der Waals surface area contributed by atoms with Gasteiger partial charge in [-0.25, -0.2) is 0 Å². The highest BCUT2D eigenvalue weighted by Gasteiger charge is 2.36. The quantitative estimate of drug-likeness (QED) is 0.833. The molecule has 0 amide bonds. The van der Waals surface area contributed by atoms with E-state index in [1.54, 1.807) is 0 Å². The molecule has 0 saturated heterocycles. The summed E-state index contributed by atoms with van der Waals surface area (Å²) in [4.78, 5) is 0. The van der Waals surface area contributed by atoms with E-state index >= 15 is 0 Å². The molecule has 3 rings (SSSR count). The van der Waals surface area contributed by atoms with Gasteiger partial charge < -0.3 is 5.11 Å². The van der Waals surface area contributed by atoms with Gasteiger partial charge in [-0.15, -0.1) is 0 Å². The van der Waals surface area contributed by atoms with Gasteiger partial charge in [-0.1, -0.05) is 54.1 Å². The van der Waals surface area contributed by atoms with Gasteiger partial charge in [-0.2, -0.15) is 0 Å². The topological polar surface area (TPSA) is 20.2 Å². The maximum atomic E-state index is 11.1. The van der Waals surface area contributed by atoms with E-state index in [0.717, 1.165) is 31.2 Å². The number of benzene rings is 2. The van der Waals surface area contributed by atoms with E-state index < -0.39 is 5.60 Å². The first-order valence-corrected chi connectivity index (χ1v) is 7.93. The Balaban J connectivity index is 1.79. The van der Waals surface area contributed by atoms with Crippen LogP contribution in [0.4, 0.5) is 0 Å². The Morgan fingerprint density at radius 3 is 2.29 bits per heavy atom. The lowest BCUT2D eigenvalue weighted by Crippen LogP contribution is -2.31. The first-order chi connectivity index (χ1) is 10.1. The normalized spacial score (nSPS) is 25.8. The predicted molar refractivity (Wildman–Crippen MR) is 87.5 cm³/mol. The van der Waals surface area contributed by atoms with Crippen molar-refractivity contribution in [1.82, 2.24) is 0 Å². The van der Waals surface area contributed by atoms with E-state index in [1.165, 1.54) is 16.7 Å². The molecule has 1 N–H and O–H groups in total. The van der Waals surface area contributed by atoms with Crippen LogP contribution in [-0.2, 0) is 5.60 Å². The van der Waals surface area contributed by atoms with Gasteiger partial charge in [-0.05, 0) is 62.1 Å². The molecule has 1 aliphatic carbocycles. The average molecular weight is 280 g/mol. The maximum Gasteiger partial charge on any atom is 0.0899 e. The van der Waals surface area contributed by atoms with Crippen LogP contribution in [0.3, 0.4) is 0 Å². The highest BCUT2D eigenvalue weighted by atomic mass is 16.3. The second-order valence-electron chi connectivity index (χ2n) is 6.53. The number of hydrogen-bond donors (Lipinski definition) is 1. The molecule has 0 radical (unpaired) electrons. The molecule has 1 fully saturated rings. The standard InChI is InChI=1S/C20H24O/c1-15-8-9-16(2)19(14-15)20(21)12-10-18(11-13-20)17-6-4-3-5-7-17/h3-9,14,18,21H,10-13H2,1-2H3. The molecular weight excluding hydrogens is 256 g/mol. The second kappa shape index (κ2) is 5.65. The summed E-state index contributed by atoms with van der Waals surface area (Å²) in [6.07, 6.45) is 3.84. The Morgan fingerprint density at radius 2 is 1.62 bits per heavy atom. The van der Waals surface area contributed by atoms with Gasteiger partial charge in [0.25, 0.3) is 0 Å². The SMILES string of the molecule is Cc1ccc(C)c(C2(O)CCC(c3ccccc3)CC2)c1. The molecular formula is C20H24O. The zero-order valence-corrected chi connectivity index (χ0v) is 13.0. The lowest BCUT2D eigenvalue weighted by atomic mass is 9.72. The van der Waals surface area contributed by atoms with Crippen molar-refractivity contribution in [3.05, 3.63) is 70.8 Å². The van der Waals surface area contributed by atoms with Crippen LogP contribution in [-0.4, -0.2) is 5.11 Å². The summed E-state index contributed by atoms with van der Waals surface area (Å²) in [6.45, 7) is 4.21. The molecule has 0 heterocycles. The van der Waals surface area contributed by atoms with E-state index in [9.17, 15) is 5.11 Å². The molecule has 0 spiro atoms. The molecule has 0 aromatic heterocycles. The molecule has 0 aliphatic heterocycles. The fourth-order valence-electron chi connectivity index (χ4n) is 3.66. The fraction of sp³-hybridized carbons (Fsp3) is 0.400. The maximum absolute atomic E-state index is 11.1. The van der Waals surface area contributed by atoms with Crippen LogP contribution in [0.5, 0.6) is 0 Å². The first-order valence-electron chi connectivity index (χ1n) is 7.93. The largest absolute Gasteiger partial charge is 0.385 e. The smallest absolute Gasteiger partial charge is 0.0899 e. The summed E-state index contributed by atoms with van der Waals surface area (Å²) in [5.74, 6) is 0.594. The summed E-state index contributed by atoms with van der Waals surface area (Å²) >= 11 is 0. The van der Waals surface area contributed by atoms with Gasteiger partial charge in [0.15, 0.2) is 0 Å². The van der Waals surface area contributed by atoms with Gasteiger partial charge in [0.2, 0.25) is 0 Å². The minimum absolute atomic E-state index is 0.594. The van der Waals surface area contributed by atoms with Crippen LogP contribution in [0.1, 0.15) is 53.9 Å². The molecule has 1 saturated carbocycles. The van der Waals surface area contributed by atoms with E-state index in [2.05, 4.69) is 62.4 Å². The molecule has 1 aliphatic rings. The van der Waals surface area contributed by atoms with Crippen molar-refractivity contribution in [2.24, 2.45) is 0 Å². The lowest BCUT2D eigenvalue weighted by molar-refractivity contribution is -0.00624. The molecule has 1 nitrogen and oxygen atoms in total. The van der Waals surface area contributed by atoms with Crippen molar-refractivity contribution in [3.63, 3.8) is 0 Å². The Bertz CT molecular complexity index is 607. The number of rotatable bonds is 2. The zero-order valence-electron chi connectivity index (χ0n) is 13.0. The zero-order chi connectivity index (χ0) is 14.9. The van der Waals surface area contributed by atoms with E-state index in [-0.39, 0.29) is 0 Å². The van der Waals surface area contributed by atoms with Crippen LogP contribution in [0.25, 0.3) is 0 Å². The Morgan fingerprint density at radius 1 is 0.952 bits per heavy atom. The van der Waals surface area contributed by atoms with Crippen LogP contribution in [0.2, 0.25) is 0 Å². The highest BCUT2D eigenvalue weighted by molar-refractivity contribution is 5.36. The summed E-state index contributed by atoms with van der Waals surface area (Å²) in [7, 11) is 0. The van der Waals surface area contributed by atoms with Gasteiger partial charge in [0, 0.05) is 0 Å². The average Bonchev–Trinajstić information content (AvgIpc) is 2.51. The molecule has 110 valence electrons.